The SMILES string of the molecule is CC.CC(=O)CCCC1CCC(C)CC1. The number of ketones is 1. The van der Waals surface area contributed by atoms with Crippen LogP contribution in [-0.2, 0) is 4.79 Å². The Morgan fingerprint density at radius 3 is 2.13 bits per heavy atom. The predicted octanol–water partition coefficient (Wildman–Crippen LogP) is 4.60. The van der Waals surface area contributed by atoms with Crippen LogP contribution in [0.5, 0.6) is 0 Å². The third-order valence-corrected chi connectivity index (χ3v) is 3.28. The van der Waals surface area contributed by atoms with Crippen LogP contribution in [-0.4, -0.2) is 5.78 Å². The predicted molar refractivity (Wildman–Crippen MR) is 67.0 cm³/mol. The van der Waals surface area contributed by atoms with Crippen LogP contribution in [0.4, 0.5) is 0 Å². The molecule has 1 aliphatic rings. The standard InChI is InChI=1S/C12H22O.C2H6/c1-10-6-8-12(9-7-10)5-3-4-11(2)13;1-2/h10,12H,3-9H2,1-2H3;1-2H3. The summed E-state index contributed by atoms with van der Waals surface area (Å²) in [4.78, 5) is 10.7. The van der Waals surface area contributed by atoms with E-state index in [1.54, 1.807) is 6.92 Å². The molecule has 0 aromatic rings. The van der Waals surface area contributed by atoms with Crippen molar-refractivity contribution in [1.29, 1.82) is 0 Å². The Labute approximate surface area is 95.6 Å². The molecule has 0 saturated heterocycles. The Kier molecular flexibility index (Phi) is 8.74. The molecule has 0 N–H and O–H groups in total. The number of carbonyl (C=O) groups excluding carboxylic acids is 1. The Balaban J connectivity index is 0.000000921. The summed E-state index contributed by atoms with van der Waals surface area (Å²) in [5.74, 6) is 2.23. The smallest absolute Gasteiger partial charge is 0.129 e. The van der Waals surface area contributed by atoms with E-state index in [0.29, 0.717) is 5.78 Å². The quantitative estimate of drug-likeness (QED) is 0.665. The molecule has 1 nitrogen and oxygen atoms in total. The molecule has 0 radical (unpaired) electrons. The van der Waals surface area contributed by atoms with E-state index in [-0.39, 0.29) is 0 Å². The first-order valence-corrected chi connectivity index (χ1v) is 6.68. The van der Waals surface area contributed by atoms with E-state index < -0.39 is 0 Å². The zero-order valence-corrected chi connectivity index (χ0v) is 11.0. The van der Waals surface area contributed by atoms with E-state index in [1.165, 1.54) is 32.1 Å². The van der Waals surface area contributed by atoms with Gasteiger partial charge in [0.1, 0.15) is 5.78 Å². The maximum atomic E-state index is 10.7. The maximum absolute atomic E-state index is 10.7. The fourth-order valence-corrected chi connectivity index (χ4v) is 2.26. The summed E-state index contributed by atoms with van der Waals surface area (Å²) in [7, 11) is 0. The van der Waals surface area contributed by atoms with Crippen LogP contribution in [0.1, 0.15) is 72.6 Å². The van der Waals surface area contributed by atoms with Crippen LogP contribution < -0.4 is 0 Å². The zero-order valence-electron chi connectivity index (χ0n) is 11.0. The van der Waals surface area contributed by atoms with E-state index in [0.717, 1.165) is 24.7 Å². The summed E-state index contributed by atoms with van der Waals surface area (Å²) >= 11 is 0. The maximum Gasteiger partial charge on any atom is 0.129 e. The highest BCUT2D eigenvalue weighted by Crippen LogP contribution is 2.31. The van der Waals surface area contributed by atoms with Crippen molar-refractivity contribution < 1.29 is 4.79 Å². The zero-order chi connectivity index (χ0) is 11.7. The van der Waals surface area contributed by atoms with Crippen LogP contribution in [0.3, 0.4) is 0 Å². The van der Waals surface area contributed by atoms with Crippen LogP contribution >= 0.6 is 0 Å². The van der Waals surface area contributed by atoms with Crippen LogP contribution in [0.15, 0.2) is 0 Å². The topological polar surface area (TPSA) is 17.1 Å². The third-order valence-electron chi connectivity index (χ3n) is 3.28. The Morgan fingerprint density at radius 2 is 1.67 bits per heavy atom. The highest BCUT2D eigenvalue weighted by Gasteiger charge is 2.17. The van der Waals surface area contributed by atoms with Crippen molar-refractivity contribution in [1.82, 2.24) is 0 Å². The molecule has 0 unspecified atom stereocenters. The first kappa shape index (κ1) is 14.7. The van der Waals surface area contributed by atoms with Gasteiger partial charge in [-0.25, -0.2) is 0 Å². The highest BCUT2D eigenvalue weighted by atomic mass is 16.1. The minimum atomic E-state index is 0.351. The second-order valence-corrected chi connectivity index (χ2v) is 4.72. The van der Waals surface area contributed by atoms with E-state index in [2.05, 4.69) is 6.92 Å². The molecule has 0 bridgehead atoms. The van der Waals surface area contributed by atoms with Gasteiger partial charge in [0.25, 0.3) is 0 Å². The third kappa shape index (κ3) is 7.58. The molecule has 0 aromatic carbocycles. The Morgan fingerprint density at radius 1 is 1.13 bits per heavy atom. The number of carbonyl (C=O) groups is 1. The molecule has 0 atom stereocenters. The summed E-state index contributed by atoms with van der Waals surface area (Å²) in [6.45, 7) is 8.05. The summed E-state index contributed by atoms with van der Waals surface area (Å²) in [5, 5.41) is 0. The van der Waals surface area contributed by atoms with E-state index in [4.69, 9.17) is 0 Å². The molecule has 90 valence electrons. The molecule has 0 spiro atoms. The van der Waals surface area contributed by atoms with Crippen LogP contribution in [0, 0.1) is 11.8 Å². The Bertz CT molecular complexity index is 155. The van der Waals surface area contributed by atoms with Crippen molar-refractivity contribution in [2.24, 2.45) is 11.8 Å². The van der Waals surface area contributed by atoms with Gasteiger partial charge in [-0.15, -0.1) is 0 Å². The van der Waals surface area contributed by atoms with E-state index in [1.807, 2.05) is 13.8 Å². The highest BCUT2D eigenvalue weighted by molar-refractivity contribution is 5.75. The summed E-state index contributed by atoms with van der Waals surface area (Å²) < 4.78 is 0. The molecule has 1 aliphatic carbocycles. The lowest BCUT2D eigenvalue weighted by atomic mass is 9.80. The van der Waals surface area contributed by atoms with Gasteiger partial charge in [0.05, 0.1) is 0 Å². The molecular weight excluding hydrogens is 184 g/mol. The molecule has 0 aromatic heterocycles. The van der Waals surface area contributed by atoms with Crippen molar-refractivity contribution in [3.8, 4) is 0 Å². The molecule has 0 amide bonds. The molecular formula is C14H28O. The number of hydrogen-bond donors (Lipinski definition) is 0. The van der Waals surface area contributed by atoms with Gasteiger partial charge in [0.2, 0.25) is 0 Å². The van der Waals surface area contributed by atoms with Gasteiger partial charge < -0.3 is 4.79 Å². The lowest BCUT2D eigenvalue weighted by molar-refractivity contribution is -0.117. The second kappa shape index (κ2) is 8.94. The molecule has 0 heterocycles. The first-order chi connectivity index (χ1) is 7.18. The van der Waals surface area contributed by atoms with Crippen molar-refractivity contribution in [3.05, 3.63) is 0 Å². The molecule has 1 heteroatoms. The van der Waals surface area contributed by atoms with Gasteiger partial charge >= 0.3 is 0 Å². The van der Waals surface area contributed by atoms with Gasteiger partial charge in [-0.2, -0.15) is 0 Å². The average Bonchev–Trinajstić information content (AvgIpc) is 2.23. The second-order valence-electron chi connectivity index (χ2n) is 4.72. The minimum Gasteiger partial charge on any atom is -0.300 e. The summed E-state index contributed by atoms with van der Waals surface area (Å²) in [5.41, 5.74) is 0. The minimum absolute atomic E-state index is 0.351. The molecule has 1 rings (SSSR count). The van der Waals surface area contributed by atoms with Crippen LogP contribution in [0.2, 0.25) is 0 Å². The normalized spacial score (nSPS) is 25.3. The van der Waals surface area contributed by atoms with Gasteiger partial charge in [-0.1, -0.05) is 52.9 Å². The molecule has 0 aliphatic heterocycles. The van der Waals surface area contributed by atoms with Crippen molar-refractivity contribution in [2.75, 3.05) is 0 Å². The Hall–Kier alpha value is -0.330. The van der Waals surface area contributed by atoms with Crippen LogP contribution in [0.25, 0.3) is 0 Å². The summed E-state index contributed by atoms with van der Waals surface area (Å²) in [6.07, 6.45) is 8.82. The average molecular weight is 212 g/mol. The lowest BCUT2D eigenvalue weighted by Gasteiger charge is -2.25. The van der Waals surface area contributed by atoms with Crippen molar-refractivity contribution in [2.45, 2.75) is 72.6 Å². The molecule has 1 fully saturated rings. The van der Waals surface area contributed by atoms with Gasteiger partial charge in [-0.05, 0) is 25.2 Å². The molecule has 1 saturated carbocycles. The lowest BCUT2D eigenvalue weighted by Crippen LogP contribution is -2.12. The summed E-state index contributed by atoms with van der Waals surface area (Å²) in [6, 6.07) is 0. The number of Topliss-reactive ketones (excluding diaryl/α,β-unsaturated/α-hetero) is 1. The monoisotopic (exact) mass is 212 g/mol. The number of rotatable bonds is 4. The van der Waals surface area contributed by atoms with E-state index in [9.17, 15) is 4.79 Å². The van der Waals surface area contributed by atoms with E-state index >= 15 is 0 Å². The van der Waals surface area contributed by atoms with Gasteiger partial charge in [0, 0.05) is 6.42 Å². The van der Waals surface area contributed by atoms with Gasteiger partial charge in [-0.3, -0.25) is 0 Å². The van der Waals surface area contributed by atoms with Crippen molar-refractivity contribution in [3.63, 3.8) is 0 Å². The van der Waals surface area contributed by atoms with Gasteiger partial charge in [0.15, 0.2) is 0 Å². The van der Waals surface area contributed by atoms with Crippen molar-refractivity contribution >= 4 is 5.78 Å². The fraction of sp³-hybridized carbons (Fsp3) is 0.929. The fourth-order valence-electron chi connectivity index (χ4n) is 2.26. The largest absolute Gasteiger partial charge is 0.300 e. The number of hydrogen-bond acceptors (Lipinski definition) is 1. The molecule has 15 heavy (non-hydrogen) atoms. The first-order valence-electron chi connectivity index (χ1n) is 6.68.